The van der Waals surface area contributed by atoms with E-state index in [0.29, 0.717) is 5.69 Å². The van der Waals surface area contributed by atoms with E-state index >= 15 is 0 Å². The van der Waals surface area contributed by atoms with Gasteiger partial charge in [0.15, 0.2) is 16.5 Å². The van der Waals surface area contributed by atoms with Crippen molar-refractivity contribution in [2.45, 2.75) is 44.9 Å². The van der Waals surface area contributed by atoms with Crippen LogP contribution in [0.5, 0.6) is 0 Å². The van der Waals surface area contributed by atoms with Crippen LogP contribution in [-0.4, -0.2) is 23.8 Å². The van der Waals surface area contributed by atoms with Gasteiger partial charge in [0, 0.05) is 17.2 Å². The molecule has 0 fully saturated rings. The first kappa shape index (κ1) is 14.6. The van der Waals surface area contributed by atoms with Crippen molar-refractivity contribution in [1.29, 1.82) is 0 Å². The van der Waals surface area contributed by atoms with Crippen molar-refractivity contribution in [2.75, 3.05) is 4.72 Å². The maximum absolute atomic E-state index is 12.3. The van der Waals surface area contributed by atoms with Gasteiger partial charge in [0.1, 0.15) is 5.69 Å². The summed E-state index contributed by atoms with van der Waals surface area (Å²) >= 11 is 0. The number of aryl methyl sites for hydroxylation is 2. The molecular formula is C12H18N4O3S. The molecule has 0 bridgehead atoms. The van der Waals surface area contributed by atoms with E-state index in [1.165, 1.54) is 0 Å². The van der Waals surface area contributed by atoms with Crippen molar-refractivity contribution in [3.8, 4) is 0 Å². The van der Waals surface area contributed by atoms with E-state index in [1.807, 2.05) is 20.8 Å². The number of aromatic nitrogens is 3. The van der Waals surface area contributed by atoms with Gasteiger partial charge < -0.3 is 4.52 Å². The molecule has 2 aromatic heterocycles. The third-order valence-corrected chi connectivity index (χ3v) is 4.46. The zero-order valence-electron chi connectivity index (χ0n) is 12.1. The van der Waals surface area contributed by atoms with Crippen LogP contribution in [0.3, 0.4) is 0 Å². The van der Waals surface area contributed by atoms with Crippen LogP contribution in [0.15, 0.2) is 15.5 Å². The van der Waals surface area contributed by atoms with Crippen LogP contribution in [0.4, 0.5) is 5.82 Å². The van der Waals surface area contributed by atoms with Crippen molar-refractivity contribution >= 4 is 15.8 Å². The second-order valence-electron chi connectivity index (χ2n) is 5.68. The second kappa shape index (κ2) is 4.62. The highest BCUT2D eigenvalue weighted by Crippen LogP contribution is 2.25. The lowest BCUT2D eigenvalue weighted by Crippen LogP contribution is -2.15. The molecule has 2 aromatic rings. The summed E-state index contributed by atoms with van der Waals surface area (Å²) in [5, 5.41) is 10.4. The number of hydrogen-bond donors (Lipinski definition) is 2. The third-order valence-electron chi connectivity index (χ3n) is 2.86. The number of H-pyrrole nitrogens is 1. The molecule has 0 saturated heterocycles. The van der Waals surface area contributed by atoms with Crippen LogP contribution in [0, 0.1) is 13.8 Å². The SMILES string of the molecule is Cc1noc(C)c1S(=O)(=O)Nc1cc(C(C)(C)C)[nH]n1. The van der Waals surface area contributed by atoms with Gasteiger partial charge in [-0.1, -0.05) is 25.9 Å². The van der Waals surface area contributed by atoms with Crippen LogP contribution >= 0.6 is 0 Å². The van der Waals surface area contributed by atoms with Gasteiger partial charge in [-0.15, -0.1) is 0 Å². The molecule has 110 valence electrons. The fraction of sp³-hybridized carbons (Fsp3) is 0.500. The highest BCUT2D eigenvalue weighted by molar-refractivity contribution is 7.92. The lowest BCUT2D eigenvalue weighted by molar-refractivity contribution is 0.390. The standard InChI is InChI=1S/C12H18N4O3S/c1-7-11(8(2)19-15-7)20(17,18)16-10-6-9(13-14-10)12(3,4)5/h6H,1-5H3,(H2,13,14,16). The molecule has 0 aliphatic heterocycles. The van der Waals surface area contributed by atoms with Gasteiger partial charge in [-0.05, 0) is 13.8 Å². The Labute approximate surface area is 117 Å². The molecule has 0 aliphatic rings. The van der Waals surface area contributed by atoms with Crippen LogP contribution in [-0.2, 0) is 15.4 Å². The first-order chi connectivity index (χ1) is 9.11. The van der Waals surface area contributed by atoms with E-state index in [0.717, 1.165) is 5.69 Å². The summed E-state index contributed by atoms with van der Waals surface area (Å²) in [7, 11) is -3.75. The summed E-state index contributed by atoms with van der Waals surface area (Å²) in [5.41, 5.74) is 1.02. The van der Waals surface area contributed by atoms with Gasteiger partial charge in [-0.25, -0.2) is 8.42 Å². The van der Waals surface area contributed by atoms with Crippen LogP contribution in [0.1, 0.15) is 37.9 Å². The summed E-state index contributed by atoms with van der Waals surface area (Å²) in [6.45, 7) is 9.16. The number of anilines is 1. The molecule has 0 aliphatic carbocycles. The quantitative estimate of drug-likeness (QED) is 0.903. The fourth-order valence-electron chi connectivity index (χ4n) is 1.81. The molecule has 0 atom stereocenters. The average molecular weight is 298 g/mol. The Kier molecular flexibility index (Phi) is 3.37. The third kappa shape index (κ3) is 2.69. The predicted octanol–water partition coefficient (Wildman–Crippen LogP) is 2.11. The molecule has 0 radical (unpaired) electrons. The van der Waals surface area contributed by atoms with Crippen molar-refractivity contribution in [3.63, 3.8) is 0 Å². The van der Waals surface area contributed by atoms with E-state index in [2.05, 4.69) is 20.1 Å². The minimum Gasteiger partial charge on any atom is -0.360 e. The topological polar surface area (TPSA) is 101 Å². The smallest absolute Gasteiger partial charge is 0.268 e. The Morgan fingerprint density at radius 2 is 1.95 bits per heavy atom. The number of hydrogen-bond acceptors (Lipinski definition) is 5. The maximum atomic E-state index is 12.3. The number of nitrogens with one attached hydrogen (secondary N) is 2. The van der Waals surface area contributed by atoms with Crippen molar-refractivity contribution < 1.29 is 12.9 Å². The summed E-state index contributed by atoms with van der Waals surface area (Å²) in [5.74, 6) is 0.497. The Balaban J connectivity index is 2.32. The fourth-order valence-corrected chi connectivity index (χ4v) is 3.13. The predicted molar refractivity (Wildman–Crippen MR) is 74.1 cm³/mol. The lowest BCUT2D eigenvalue weighted by Gasteiger charge is -2.14. The number of sulfonamides is 1. The lowest BCUT2D eigenvalue weighted by atomic mass is 9.92. The Morgan fingerprint density at radius 1 is 1.30 bits per heavy atom. The summed E-state index contributed by atoms with van der Waals surface area (Å²) in [4.78, 5) is 0.0535. The molecule has 8 heteroatoms. The monoisotopic (exact) mass is 298 g/mol. The molecule has 0 unspecified atom stereocenters. The average Bonchev–Trinajstić information content (AvgIpc) is 2.84. The van der Waals surface area contributed by atoms with E-state index in [4.69, 9.17) is 4.52 Å². The van der Waals surface area contributed by atoms with E-state index in [1.54, 1.807) is 19.9 Å². The zero-order valence-corrected chi connectivity index (χ0v) is 12.9. The first-order valence-corrected chi connectivity index (χ1v) is 7.61. The van der Waals surface area contributed by atoms with Gasteiger partial charge >= 0.3 is 0 Å². The van der Waals surface area contributed by atoms with E-state index in [9.17, 15) is 8.42 Å². The van der Waals surface area contributed by atoms with Crippen LogP contribution in [0.25, 0.3) is 0 Å². The van der Waals surface area contributed by atoms with Crippen molar-refractivity contribution in [3.05, 3.63) is 23.2 Å². The Bertz CT molecular complexity index is 703. The Hall–Kier alpha value is -1.83. The highest BCUT2D eigenvalue weighted by atomic mass is 32.2. The molecule has 0 amide bonds. The molecule has 7 nitrogen and oxygen atoms in total. The second-order valence-corrected chi connectivity index (χ2v) is 7.29. The molecule has 0 aromatic carbocycles. The molecule has 20 heavy (non-hydrogen) atoms. The molecule has 0 saturated carbocycles. The highest BCUT2D eigenvalue weighted by Gasteiger charge is 2.26. The van der Waals surface area contributed by atoms with Gasteiger partial charge in [0.05, 0.1) is 0 Å². The van der Waals surface area contributed by atoms with Gasteiger partial charge in [-0.3, -0.25) is 9.82 Å². The molecular weight excluding hydrogens is 280 g/mol. The number of nitrogens with zero attached hydrogens (tertiary/aromatic N) is 2. The number of rotatable bonds is 3. The van der Waals surface area contributed by atoms with Crippen LogP contribution < -0.4 is 4.72 Å². The van der Waals surface area contributed by atoms with E-state index in [-0.39, 0.29) is 21.9 Å². The molecule has 2 rings (SSSR count). The molecule has 0 spiro atoms. The minimum atomic E-state index is -3.75. The van der Waals surface area contributed by atoms with Gasteiger partial charge in [0.2, 0.25) is 0 Å². The largest absolute Gasteiger partial charge is 0.360 e. The molecule has 2 heterocycles. The Morgan fingerprint density at radius 3 is 2.40 bits per heavy atom. The van der Waals surface area contributed by atoms with Crippen LogP contribution in [0.2, 0.25) is 0 Å². The van der Waals surface area contributed by atoms with Gasteiger partial charge in [-0.2, -0.15) is 5.10 Å². The van der Waals surface area contributed by atoms with E-state index < -0.39 is 10.0 Å². The molecule has 2 N–H and O–H groups in total. The summed E-state index contributed by atoms with van der Waals surface area (Å²) in [6, 6.07) is 1.68. The summed E-state index contributed by atoms with van der Waals surface area (Å²) < 4.78 is 31.9. The normalized spacial score (nSPS) is 12.7. The minimum absolute atomic E-state index is 0.0535. The van der Waals surface area contributed by atoms with Crippen molar-refractivity contribution in [2.24, 2.45) is 0 Å². The van der Waals surface area contributed by atoms with Gasteiger partial charge in [0.25, 0.3) is 10.0 Å². The summed E-state index contributed by atoms with van der Waals surface area (Å²) in [6.07, 6.45) is 0. The maximum Gasteiger partial charge on any atom is 0.268 e. The zero-order chi connectivity index (χ0) is 15.1. The number of aromatic amines is 1. The first-order valence-electron chi connectivity index (χ1n) is 6.13. The van der Waals surface area contributed by atoms with Crippen molar-refractivity contribution in [1.82, 2.24) is 15.4 Å².